The highest BCUT2D eigenvalue weighted by molar-refractivity contribution is 5.86. The lowest BCUT2D eigenvalue weighted by Crippen LogP contribution is -2.02. The van der Waals surface area contributed by atoms with Crippen molar-refractivity contribution in [3.05, 3.63) is 41.5 Å². The van der Waals surface area contributed by atoms with Crippen molar-refractivity contribution in [2.24, 2.45) is 0 Å². The minimum Gasteiger partial charge on any atom is -0.299 e. The predicted octanol–water partition coefficient (Wildman–Crippen LogP) is 3.13. The van der Waals surface area contributed by atoms with Gasteiger partial charge in [-0.25, -0.2) is 0 Å². The van der Waals surface area contributed by atoms with E-state index in [1.54, 1.807) is 0 Å². The predicted molar refractivity (Wildman–Crippen MR) is 58.0 cm³/mol. The van der Waals surface area contributed by atoms with E-state index >= 15 is 0 Å². The highest BCUT2D eigenvalue weighted by Gasteiger charge is 2.11. The molecule has 0 aliphatic heterocycles. The second kappa shape index (κ2) is 3.79. The molecule has 0 bridgehead atoms. The van der Waals surface area contributed by atoms with Gasteiger partial charge in [0.05, 0.1) is 0 Å². The van der Waals surface area contributed by atoms with Crippen LogP contribution >= 0.6 is 0 Å². The van der Waals surface area contributed by atoms with Gasteiger partial charge in [0.2, 0.25) is 0 Å². The molecule has 0 aromatic heterocycles. The van der Waals surface area contributed by atoms with Gasteiger partial charge in [0.15, 0.2) is 0 Å². The molecule has 1 aromatic rings. The lowest BCUT2D eigenvalue weighted by atomic mass is 9.92. The summed E-state index contributed by atoms with van der Waals surface area (Å²) in [6, 6.07) is 8.47. The average Bonchev–Trinajstić information content (AvgIpc) is 2.19. The average molecular weight is 186 g/mol. The van der Waals surface area contributed by atoms with Gasteiger partial charge in [-0.2, -0.15) is 0 Å². The van der Waals surface area contributed by atoms with Crippen LogP contribution in [0.1, 0.15) is 30.4 Å². The van der Waals surface area contributed by atoms with Crippen molar-refractivity contribution >= 4 is 11.4 Å². The first-order chi connectivity index (χ1) is 6.75. The third-order valence-electron chi connectivity index (χ3n) is 2.64. The van der Waals surface area contributed by atoms with Crippen LogP contribution in [-0.2, 0) is 4.79 Å². The molecule has 1 aliphatic rings. The van der Waals surface area contributed by atoms with Gasteiger partial charge in [-0.1, -0.05) is 35.9 Å². The van der Waals surface area contributed by atoms with Gasteiger partial charge >= 0.3 is 0 Å². The van der Waals surface area contributed by atoms with Crippen LogP contribution in [0.25, 0.3) is 5.57 Å². The highest BCUT2D eigenvalue weighted by atomic mass is 16.1. The van der Waals surface area contributed by atoms with Gasteiger partial charge in [0.25, 0.3) is 0 Å². The zero-order chi connectivity index (χ0) is 9.97. The quantitative estimate of drug-likeness (QED) is 0.658. The Kier molecular flexibility index (Phi) is 2.49. The molecule has 1 aliphatic carbocycles. The molecule has 0 fully saturated rings. The third-order valence-corrected chi connectivity index (χ3v) is 2.64. The number of ketones is 1. The molecular weight excluding hydrogens is 172 g/mol. The fraction of sp³-hybridized carbons (Fsp3) is 0.308. The van der Waals surface area contributed by atoms with Crippen molar-refractivity contribution in [3.8, 4) is 0 Å². The molecule has 0 heterocycles. The first kappa shape index (κ1) is 9.20. The van der Waals surface area contributed by atoms with Crippen LogP contribution in [0.15, 0.2) is 30.3 Å². The lowest BCUT2D eigenvalue weighted by molar-refractivity contribution is -0.118. The smallest absolute Gasteiger partial charge is 0.137 e. The summed E-state index contributed by atoms with van der Waals surface area (Å²) >= 11 is 0. The van der Waals surface area contributed by atoms with Crippen LogP contribution in [0.2, 0.25) is 0 Å². The summed E-state index contributed by atoms with van der Waals surface area (Å²) in [6.45, 7) is 2.10. The number of carbonyl (C=O) groups excluding carboxylic acids is 1. The molecule has 1 heteroatoms. The molecule has 2 rings (SSSR count). The first-order valence-electron chi connectivity index (χ1n) is 5.03. The number of benzene rings is 1. The summed E-state index contributed by atoms with van der Waals surface area (Å²) in [6.07, 6.45) is 4.30. The molecular formula is C13H14O. The summed E-state index contributed by atoms with van der Waals surface area (Å²) < 4.78 is 0. The summed E-state index contributed by atoms with van der Waals surface area (Å²) in [4.78, 5) is 11.1. The number of aryl methyl sites for hydroxylation is 1. The fourth-order valence-electron chi connectivity index (χ4n) is 1.82. The van der Waals surface area contributed by atoms with E-state index in [1.807, 2.05) is 0 Å². The number of carbonyl (C=O) groups is 1. The van der Waals surface area contributed by atoms with E-state index in [9.17, 15) is 4.79 Å². The van der Waals surface area contributed by atoms with Crippen LogP contribution in [0.5, 0.6) is 0 Å². The van der Waals surface area contributed by atoms with Gasteiger partial charge in [-0.05, 0) is 24.5 Å². The molecule has 0 N–H and O–H groups in total. The van der Waals surface area contributed by atoms with Crippen molar-refractivity contribution in [1.29, 1.82) is 0 Å². The molecule has 0 saturated carbocycles. The Labute approximate surface area is 84.5 Å². The van der Waals surface area contributed by atoms with Crippen LogP contribution in [0.3, 0.4) is 0 Å². The Morgan fingerprint density at radius 3 is 2.71 bits per heavy atom. The Balaban J connectivity index is 2.27. The normalized spacial score (nSPS) is 16.6. The molecule has 0 amide bonds. The fourth-order valence-corrected chi connectivity index (χ4v) is 1.82. The Morgan fingerprint density at radius 1 is 1.21 bits per heavy atom. The topological polar surface area (TPSA) is 17.1 Å². The Morgan fingerprint density at radius 2 is 2.07 bits per heavy atom. The molecule has 14 heavy (non-hydrogen) atoms. The molecule has 0 atom stereocenters. The van der Waals surface area contributed by atoms with E-state index in [0.717, 1.165) is 6.42 Å². The van der Waals surface area contributed by atoms with Crippen LogP contribution in [0.4, 0.5) is 0 Å². The summed E-state index contributed by atoms with van der Waals surface area (Å²) in [5.41, 5.74) is 3.88. The van der Waals surface area contributed by atoms with Crippen molar-refractivity contribution in [2.45, 2.75) is 26.2 Å². The minimum atomic E-state index is 0.362. The SMILES string of the molecule is Cc1cccc(C2=CCC(=O)CC2)c1. The van der Waals surface area contributed by atoms with Crippen molar-refractivity contribution in [1.82, 2.24) is 0 Å². The van der Waals surface area contributed by atoms with E-state index in [4.69, 9.17) is 0 Å². The van der Waals surface area contributed by atoms with Crippen molar-refractivity contribution < 1.29 is 4.79 Å². The number of hydrogen-bond donors (Lipinski definition) is 0. The van der Waals surface area contributed by atoms with Gasteiger partial charge in [-0.3, -0.25) is 4.79 Å². The van der Waals surface area contributed by atoms with Gasteiger partial charge in [-0.15, -0.1) is 0 Å². The number of rotatable bonds is 1. The van der Waals surface area contributed by atoms with E-state index in [2.05, 4.69) is 37.3 Å². The van der Waals surface area contributed by atoms with E-state index < -0.39 is 0 Å². The largest absolute Gasteiger partial charge is 0.299 e. The van der Waals surface area contributed by atoms with Gasteiger partial charge < -0.3 is 0 Å². The summed E-state index contributed by atoms with van der Waals surface area (Å²) in [5, 5.41) is 0. The molecule has 1 aromatic carbocycles. The molecule has 0 saturated heterocycles. The van der Waals surface area contributed by atoms with Crippen LogP contribution < -0.4 is 0 Å². The van der Waals surface area contributed by atoms with Crippen molar-refractivity contribution in [3.63, 3.8) is 0 Å². The Bertz CT molecular complexity index is 388. The Hall–Kier alpha value is -1.37. The van der Waals surface area contributed by atoms with Gasteiger partial charge in [0.1, 0.15) is 5.78 Å². The standard InChI is InChI=1S/C13H14O/c1-10-3-2-4-12(9-10)11-5-7-13(14)8-6-11/h2-5,9H,6-8H2,1H3. The second-order valence-corrected chi connectivity index (χ2v) is 3.84. The molecule has 1 nitrogen and oxygen atoms in total. The molecule has 0 spiro atoms. The maximum absolute atomic E-state index is 11.1. The van der Waals surface area contributed by atoms with E-state index in [-0.39, 0.29) is 0 Å². The molecule has 0 radical (unpaired) electrons. The maximum atomic E-state index is 11.1. The molecule has 0 unspecified atom stereocenters. The van der Waals surface area contributed by atoms with Crippen LogP contribution in [-0.4, -0.2) is 5.78 Å². The number of Topliss-reactive ketones (excluding diaryl/α,β-unsaturated/α-hetero) is 1. The van der Waals surface area contributed by atoms with Crippen LogP contribution in [0, 0.1) is 6.92 Å². The lowest BCUT2D eigenvalue weighted by Gasteiger charge is -2.12. The number of hydrogen-bond acceptors (Lipinski definition) is 1. The maximum Gasteiger partial charge on any atom is 0.137 e. The monoisotopic (exact) mass is 186 g/mol. The zero-order valence-electron chi connectivity index (χ0n) is 8.42. The third kappa shape index (κ3) is 1.92. The summed E-state index contributed by atoms with van der Waals surface area (Å²) in [7, 11) is 0. The van der Waals surface area contributed by atoms with Crippen molar-refractivity contribution in [2.75, 3.05) is 0 Å². The van der Waals surface area contributed by atoms with Gasteiger partial charge in [0, 0.05) is 12.8 Å². The first-order valence-corrected chi connectivity index (χ1v) is 5.03. The van der Waals surface area contributed by atoms with E-state index in [1.165, 1.54) is 16.7 Å². The summed E-state index contributed by atoms with van der Waals surface area (Å²) in [5.74, 6) is 0.362. The minimum absolute atomic E-state index is 0.362. The number of allylic oxidation sites excluding steroid dienone is 2. The zero-order valence-corrected chi connectivity index (χ0v) is 8.42. The second-order valence-electron chi connectivity index (χ2n) is 3.84. The highest BCUT2D eigenvalue weighted by Crippen LogP contribution is 2.25. The molecule has 72 valence electrons. The van der Waals surface area contributed by atoms with E-state index in [0.29, 0.717) is 18.6 Å².